The number of rotatable bonds is 13. The van der Waals surface area contributed by atoms with E-state index in [1.807, 2.05) is 13.8 Å². The van der Waals surface area contributed by atoms with Gasteiger partial charge in [0.05, 0.1) is 24.1 Å². The van der Waals surface area contributed by atoms with Gasteiger partial charge in [0.15, 0.2) is 0 Å². The van der Waals surface area contributed by atoms with E-state index in [1.165, 1.54) is 22.4 Å². The van der Waals surface area contributed by atoms with Gasteiger partial charge in [-0.3, -0.25) is 13.9 Å². The molecule has 0 bridgehead atoms. The number of amides is 2. The van der Waals surface area contributed by atoms with Crippen molar-refractivity contribution in [2.24, 2.45) is 0 Å². The van der Waals surface area contributed by atoms with Gasteiger partial charge in [-0.1, -0.05) is 47.8 Å². The zero-order chi connectivity index (χ0) is 28.6. The van der Waals surface area contributed by atoms with Gasteiger partial charge in [-0.2, -0.15) is 0 Å². The topological polar surface area (TPSA) is 96.0 Å². The van der Waals surface area contributed by atoms with Crippen LogP contribution in [0, 0.1) is 0 Å². The minimum Gasteiger partial charge on any atom is -0.495 e. The smallest absolute Gasteiger partial charge is 0.242 e. The standard InChI is InChI=1S/C26H34Cl3N3O5S/c1-6-17(2)30-26(34)18(3)31(16-20-21(27)9-7-10-22(20)28)25(33)11-8-14-32(38(5,35)36)19-12-13-24(37-4)23(29)15-19/h7,9-10,12-13,15,17-18H,6,8,11,14,16H2,1-5H3,(H,30,34)/t17-,18+/m1/s1. The molecule has 210 valence electrons. The largest absolute Gasteiger partial charge is 0.495 e. The van der Waals surface area contributed by atoms with Crippen LogP contribution in [0.2, 0.25) is 15.1 Å². The molecule has 12 heteroatoms. The van der Waals surface area contributed by atoms with Crippen LogP contribution in [0.25, 0.3) is 0 Å². The van der Waals surface area contributed by atoms with Crippen LogP contribution >= 0.6 is 34.8 Å². The van der Waals surface area contributed by atoms with E-state index in [9.17, 15) is 18.0 Å². The fourth-order valence-electron chi connectivity index (χ4n) is 3.72. The highest BCUT2D eigenvalue weighted by Crippen LogP contribution is 2.31. The monoisotopic (exact) mass is 605 g/mol. The molecule has 0 saturated carbocycles. The lowest BCUT2D eigenvalue weighted by atomic mass is 10.1. The zero-order valence-corrected chi connectivity index (χ0v) is 25.2. The Hall–Kier alpha value is -2.20. The number of nitrogens with zero attached hydrogens (tertiary/aromatic N) is 2. The van der Waals surface area contributed by atoms with Crippen LogP contribution < -0.4 is 14.4 Å². The molecule has 2 atom stereocenters. The van der Waals surface area contributed by atoms with Gasteiger partial charge in [0.25, 0.3) is 0 Å². The first-order chi connectivity index (χ1) is 17.8. The van der Waals surface area contributed by atoms with Crippen molar-refractivity contribution in [3.05, 3.63) is 57.0 Å². The number of nitrogens with one attached hydrogen (secondary N) is 1. The second-order valence-electron chi connectivity index (χ2n) is 8.97. The fraction of sp³-hybridized carbons (Fsp3) is 0.462. The lowest BCUT2D eigenvalue weighted by molar-refractivity contribution is -0.140. The van der Waals surface area contributed by atoms with Crippen molar-refractivity contribution in [1.29, 1.82) is 0 Å². The molecular formula is C26H34Cl3N3O5S. The number of hydrogen-bond donors (Lipinski definition) is 1. The van der Waals surface area contributed by atoms with Crippen LogP contribution in [-0.2, 0) is 26.2 Å². The third kappa shape index (κ3) is 8.66. The molecule has 0 fully saturated rings. The average Bonchev–Trinajstić information content (AvgIpc) is 2.85. The number of carbonyl (C=O) groups excluding carboxylic acids is 2. The lowest BCUT2D eigenvalue weighted by Gasteiger charge is -2.30. The van der Waals surface area contributed by atoms with Crippen molar-refractivity contribution >= 4 is 62.3 Å². The van der Waals surface area contributed by atoms with Crippen LogP contribution in [-0.4, -0.2) is 57.1 Å². The van der Waals surface area contributed by atoms with Crippen molar-refractivity contribution in [2.45, 2.75) is 58.7 Å². The molecule has 2 aromatic carbocycles. The predicted molar refractivity (Wildman–Crippen MR) is 154 cm³/mol. The maximum Gasteiger partial charge on any atom is 0.242 e. The average molecular weight is 607 g/mol. The van der Waals surface area contributed by atoms with Crippen molar-refractivity contribution < 1.29 is 22.7 Å². The highest BCUT2D eigenvalue weighted by atomic mass is 35.5. The van der Waals surface area contributed by atoms with E-state index >= 15 is 0 Å². The molecule has 2 amide bonds. The van der Waals surface area contributed by atoms with Gasteiger partial charge in [0, 0.05) is 41.2 Å². The molecule has 8 nitrogen and oxygen atoms in total. The summed E-state index contributed by atoms with van der Waals surface area (Å²) in [6.45, 7) is 5.53. The number of ether oxygens (including phenoxy) is 1. The van der Waals surface area contributed by atoms with Gasteiger partial charge < -0.3 is 15.0 Å². The number of hydrogen-bond acceptors (Lipinski definition) is 5. The second-order valence-corrected chi connectivity index (χ2v) is 12.1. The second kappa shape index (κ2) is 14.3. The molecule has 0 unspecified atom stereocenters. The summed E-state index contributed by atoms with van der Waals surface area (Å²) in [5.74, 6) is -0.229. The lowest BCUT2D eigenvalue weighted by Crippen LogP contribution is -2.49. The van der Waals surface area contributed by atoms with E-state index < -0.39 is 16.1 Å². The first-order valence-electron chi connectivity index (χ1n) is 12.1. The molecule has 0 saturated heterocycles. The summed E-state index contributed by atoms with van der Waals surface area (Å²) >= 11 is 18.9. The van der Waals surface area contributed by atoms with Gasteiger partial charge in [0.2, 0.25) is 21.8 Å². The number of anilines is 1. The number of sulfonamides is 1. The summed E-state index contributed by atoms with van der Waals surface area (Å²) in [7, 11) is -2.20. The van der Waals surface area contributed by atoms with E-state index in [1.54, 1.807) is 37.3 Å². The van der Waals surface area contributed by atoms with E-state index in [4.69, 9.17) is 39.5 Å². The number of halogens is 3. The Morgan fingerprint density at radius 2 is 1.68 bits per heavy atom. The van der Waals surface area contributed by atoms with Gasteiger partial charge >= 0.3 is 0 Å². The number of carbonyl (C=O) groups is 2. The molecule has 0 spiro atoms. The molecule has 1 N–H and O–H groups in total. The molecular weight excluding hydrogens is 573 g/mol. The number of benzene rings is 2. The van der Waals surface area contributed by atoms with Crippen LogP contribution in [0.5, 0.6) is 5.75 Å². The summed E-state index contributed by atoms with van der Waals surface area (Å²) in [6, 6.07) is 8.81. The minimum absolute atomic E-state index is 0.0150. The van der Waals surface area contributed by atoms with Gasteiger partial charge in [-0.15, -0.1) is 0 Å². The van der Waals surface area contributed by atoms with E-state index in [-0.39, 0.29) is 48.8 Å². The first kappa shape index (κ1) is 32.0. The van der Waals surface area contributed by atoms with Crippen molar-refractivity contribution in [3.8, 4) is 5.75 Å². The summed E-state index contributed by atoms with van der Waals surface area (Å²) < 4.78 is 31.4. The van der Waals surface area contributed by atoms with Crippen molar-refractivity contribution in [1.82, 2.24) is 10.2 Å². The van der Waals surface area contributed by atoms with Crippen molar-refractivity contribution in [2.75, 3.05) is 24.2 Å². The Morgan fingerprint density at radius 3 is 2.21 bits per heavy atom. The van der Waals surface area contributed by atoms with E-state index in [2.05, 4.69) is 5.32 Å². The van der Waals surface area contributed by atoms with Crippen LogP contribution in [0.15, 0.2) is 36.4 Å². The SMILES string of the molecule is CC[C@@H](C)NC(=O)[C@H](C)N(Cc1c(Cl)cccc1Cl)C(=O)CCCN(c1ccc(OC)c(Cl)c1)S(C)(=O)=O. The van der Waals surface area contributed by atoms with E-state index in [0.717, 1.165) is 12.7 Å². The Bertz CT molecular complexity index is 1220. The molecule has 0 aromatic heterocycles. The van der Waals surface area contributed by atoms with Gasteiger partial charge in [0.1, 0.15) is 11.8 Å². The van der Waals surface area contributed by atoms with Crippen LogP contribution in [0.1, 0.15) is 45.6 Å². The van der Waals surface area contributed by atoms with Crippen LogP contribution in [0.4, 0.5) is 5.69 Å². The highest BCUT2D eigenvalue weighted by molar-refractivity contribution is 7.92. The molecule has 0 heterocycles. The summed E-state index contributed by atoms with van der Waals surface area (Å²) in [4.78, 5) is 27.8. The number of methoxy groups -OCH3 is 1. The molecule has 0 aliphatic carbocycles. The molecule has 38 heavy (non-hydrogen) atoms. The summed E-state index contributed by atoms with van der Waals surface area (Å²) in [5.41, 5.74) is 0.879. The fourth-order valence-corrected chi connectivity index (χ4v) is 5.44. The molecule has 2 aromatic rings. The summed E-state index contributed by atoms with van der Waals surface area (Å²) in [6.07, 6.45) is 2.00. The minimum atomic E-state index is -3.67. The van der Waals surface area contributed by atoms with Gasteiger partial charge in [-0.05, 0) is 57.0 Å². The Balaban J connectivity index is 2.25. The van der Waals surface area contributed by atoms with Crippen LogP contribution in [0.3, 0.4) is 0 Å². The normalized spacial score (nSPS) is 12.9. The molecule has 0 aliphatic heterocycles. The maximum atomic E-state index is 13.4. The highest BCUT2D eigenvalue weighted by Gasteiger charge is 2.28. The third-order valence-electron chi connectivity index (χ3n) is 6.13. The third-order valence-corrected chi connectivity index (χ3v) is 8.33. The van der Waals surface area contributed by atoms with Gasteiger partial charge in [-0.25, -0.2) is 8.42 Å². The zero-order valence-electron chi connectivity index (χ0n) is 22.1. The molecule has 0 aliphatic rings. The van der Waals surface area contributed by atoms with E-state index in [0.29, 0.717) is 27.0 Å². The Labute approximate surface area is 240 Å². The quantitative estimate of drug-likeness (QED) is 0.323. The van der Waals surface area contributed by atoms with Crippen molar-refractivity contribution in [3.63, 3.8) is 0 Å². The predicted octanol–water partition coefficient (Wildman–Crippen LogP) is 5.53. The Morgan fingerprint density at radius 1 is 1.05 bits per heavy atom. The molecule has 0 radical (unpaired) electrons. The maximum absolute atomic E-state index is 13.4. The Kier molecular flexibility index (Phi) is 12.0. The first-order valence-corrected chi connectivity index (χ1v) is 15.1. The summed E-state index contributed by atoms with van der Waals surface area (Å²) in [5, 5.41) is 3.92. The molecule has 2 rings (SSSR count).